The molecule has 0 saturated heterocycles. The summed E-state index contributed by atoms with van der Waals surface area (Å²) in [6.07, 6.45) is 4.77. The number of nitrogens with zero attached hydrogens (tertiary/aromatic N) is 4. The molecule has 0 spiro atoms. The average molecular weight is 403 g/mol. The van der Waals surface area contributed by atoms with Gasteiger partial charge in [0.05, 0.1) is 10.9 Å². The third-order valence-corrected chi connectivity index (χ3v) is 5.71. The van der Waals surface area contributed by atoms with Crippen LogP contribution in [0.3, 0.4) is 0 Å². The summed E-state index contributed by atoms with van der Waals surface area (Å²) in [6.45, 7) is 6.22. The number of anilines is 1. The number of benzene rings is 1. The van der Waals surface area contributed by atoms with Crippen molar-refractivity contribution in [3.05, 3.63) is 36.3 Å². The summed E-state index contributed by atoms with van der Waals surface area (Å²) in [6, 6.07) is 8.16. The predicted molar refractivity (Wildman–Crippen MR) is 117 cm³/mol. The Morgan fingerprint density at radius 3 is 2.73 bits per heavy atom. The van der Waals surface area contributed by atoms with Gasteiger partial charge in [-0.15, -0.1) is 0 Å². The molecule has 3 aromatic heterocycles. The second kappa shape index (κ2) is 6.55. The predicted octanol–water partition coefficient (Wildman–Crippen LogP) is 3.59. The van der Waals surface area contributed by atoms with Crippen LogP contribution in [0, 0.1) is 0 Å². The van der Waals surface area contributed by atoms with E-state index in [1.165, 1.54) is 12.7 Å². The minimum absolute atomic E-state index is 0.0578. The van der Waals surface area contributed by atoms with Crippen molar-refractivity contribution in [2.24, 2.45) is 0 Å². The maximum Gasteiger partial charge on any atom is 0.267 e. The van der Waals surface area contributed by atoms with Gasteiger partial charge in [-0.1, -0.05) is 12.1 Å². The zero-order valence-electron chi connectivity index (χ0n) is 17.4. The molecule has 0 radical (unpaired) electrons. The smallest absolute Gasteiger partial charge is 0.267 e. The van der Waals surface area contributed by atoms with Crippen LogP contribution in [0.2, 0.25) is 0 Å². The van der Waals surface area contributed by atoms with E-state index in [9.17, 15) is 4.79 Å². The van der Waals surface area contributed by atoms with Crippen molar-refractivity contribution in [1.29, 1.82) is 0 Å². The topological polar surface area (TPSA) is 115 Å². The van der Waals surface area contributed by atoms with Crippen molar-refractivity contribution in [3.8, 4) is 11.3 Å². The van der Waals surface area contributed by atoms with Crippen LogP contribution < -0.4 is 11.1 Å². The molecule has 0 bridgehead atoms. The number of aromatic amines is 1. The van der Waals surface area contributed by atoms with Gasteiger partial charge in [-0.05, 0) is 52.2 Å². The van der Waals surface area contributed by atoms with Crippen molar-refractivity contribution in [2.45, 2.75) is 51.6 Å². The molecular weight excluding hydrogens is 378 g/mol. The summed E-state index contributed by atoms with van der Waals surface area (Å²) in [5.74, 6) is 0.343. The van der Waals surface area contributed by atoms with Crippen LogP contribution in [0.25, 0.3) is 33.2 Å². The van der Waals surface area contributed by atoms with Crippen molar-refractivity contribution in [2.75, 3.05) is 5.73 Å². The van der Waals surface area contributed by atoms with Crippen LogP contribution in [-0.2, 0) is 5.54 Å². The number of hydrogen-bond acceptors (Lipinski definition) is 5. The third-order valence-electron chi connectivity index (χ3n) is 5.71. The lowest BCUT2D eigenvalue weighted by Crippen LogP contribution is -2.39. The monoisotopic (exact) mass is 403 g/mol. The number of fused-ring (bicyclic) bond motifs is 2. The molecule has 8 nitrogen and oxygen atoms in total. The fourth-order valence-corrected chi connectivity index (χ4v) is 3.86. The number of nitrogens with one attached hydrogen (secondary N) is 2. The zero-order chi connectivity index (χ0) is 21.0. The molecule has 1 aliphatic rings. The molecule has 1 fully saturated rings. The van der Waals surface area contributed by atoms with E-state index in [4.69, 9.17) is 10.8 Å². The highest BCUT2D eigenvalue weighted by Gasteiger charge is 2.24. The van der Waals surface area contributed by atoms with Crippen molar-refractivity contribution in [1.82, 2.24) is 30.0 Å². The number of carbonyl (C=O) groups excluding carboxylic acids is 1. The van der Waals surface area contributed by atoms with Crippen LogP contribution in [0.15, 0.2) is 30.6 Å². The lowest BCUT2D eigenvalue weighted by Gasteiger charge is -2.25. The molecule has 5 rings (SSSR count). The quantitative estimate of drug-likeness (QED) is 0.484. The van der Waals surface area contributed by atoms with Gasteiger partial charge in [0.15, 0.2) is 5.65 Å². The van der Waals surface area contributed by atoms with Gasteiger partial charge in [-0.25, -0.2) is 14.6 Å². The maximum absolute atomic E-state index is 12.5. The Morgan fingerprint density at radius 2 is 2.03 bits per heavy atom. The third kappa shape index (κ3) is 2.99. The number of hydrogen-bond donors (Lipinski definition) is 3. The minimum atomic E-state index is -0.263. The lowest BCUT2D eigenvalue weighted by molar-refractivity contribution is 0.0912. The SMILES string of the molecule is CC(C)(C)n1nc(-c2ccc3cc(C(=O)NC4CCC4)[nH]c3c2)c2c(N)ncnc21. The molecule has 154 valence electrons. The Kier molecular flexibility index (Phi) is 4.06. The van der Waals surface area contributed by atoms with Crippen LogP contribution in [0.4, 0.5) is 5.82 Å². The Balaban J connectivity index is 1.59. The van der Waals surface area contributed by atoms with Crippen molar-refractivity contribution >= 4 is 33.7 Å². The standard InChI is InChI=1S/C22H25N7O/c1-22(2,3)29-20-17(19(23)24-11-25-20)18(28-29)13-8-7-12-9-16(27-15(12)10-13)21(30)26-14-5-4-6-14/h7-11,14,27H,4-6H2,1-3H3,(H,26,30)(H2,23,24,25). The summed E-state index contributed by atoms with van der Waals surface area (Å²) in [5, 5.41) is 9.62. The van der Waals surface area contributed by atoms with E-state index in [1.54, 1.807) is 0 Å². The second-order valence-electron chi connectivity index (χ2n) is 8.98. The van der Waals surface area contributed by atoms with Gasteiger partial charge in [0, 0.05) is 22.5 Å². The summed E-state index contributed by atoms with van der Waals surface area (Å²) in [7, 11) is 0. The molecule has 8 heteroatoms. The number of nitrogen functional groups attached to an aromatic ring is 1. The fourth-order valence-electron chi connectivity index (χ4n) is 3.86. The van der Waals surface area contributed by atoms with Gasteiger partial charge < -0.3 is 16.0 Å². The van der Waals surface area contributed by atoms with Crippen LogP contribution in [0.5, 0.6) is 0 Å². The van der Waals surface area contributed by atoms with Gasteiger partial charge in [0.2, 0.25) is 0 Å². The van der Waals surface area contributed by atoms with Gasteiger partial charge in [0.25, 0.3) is 5.91 Å². The first-order chi connectivity index (χ1) is 14.3. The molecule has 4 aromatic rings. The summed E-state index contributed by atoms with van der Waals surface area (Å²) in [5.41, 5.74) is 9.72. The number of nitrogens with two attached hydrogens (primary N) is 1. The normalized spacial score (nSPS) is 14.9. The molecule has 3 heterocycles. The van der Waals surface area contributed by atoms with Gasteiger partial charge in [0.1, 0.15) is 23.5 Å². The number of amides is 1. The molecule has 0 unspecified atom stereocenters. The maximum atomic E-state index is 12.5. The average Bonchev–Trinajstić information content (AvgIpc) is 3.26. The van der Waals surface area contributed by atoms with E-state index in [1.807, 2.05) is 28.9 Å². The highest BCUT2D eigenvalue weighted by Crippen LogP contribution is 2.34. The number of rotatable bonds is 3. The summed E-state index contributed by atoms with van der Waals surface area (Å²) < 4.78 is 1.88. The summed E-state index contributed by atoms with van der Waals surface area (Å²) in [4.78, 5) is 24.4. The van der Waals surface area contributed by atoms with E-state index in [0.29, 0.717) is 23.2 Å². The van der Waals surface area contributed by atoms with Crippen molar-refractivity contribution < 1.29 is 4.79 Å². The highest BCUT2D eigenvalue weighted by molar-refractivity contribution is 6.02. The number of aromatic nitrogens is 5. The molecule has 1 saturated carbocycles. The summed E-state index contributed by atoms with van der Waals surface area (Å²) >= 11 is 0. The Bertz CT molecular complexity index is 1270. The molecule has 1 amide bonds. The molecule has 30 heavy (non-hydrogen) atoms. The largest absolute Gasteiger partial charge is 0.383 e. The molecule has 1 aromatic carbocycles. The van der Waals surface area contributed by atoms with E-state index in [2.05, 4.69) is 41.0 Å². The van der Waals surface area contributed by atoms with E-state index >= 15 is 0 Å². The fraction of sp³-hybridized carbons (Fsp3) is 0.364. The Labute approximate surface area is 173 Å². The minimum Gasteiger partial charge on any atom is -0.383 e. The van der Waals surface area contributed by atoms with Crippen LogP contribution in [0.1, 0.15) is 50.5 Å². The first-order valence-corrected chi connectivity index (χ1v) is 10.2. The molecule has 0 atom stereocenters. The second-order valence-corrected chi connectivity index (χ2v) is 8.98. The Morgan fingerprint density at radius 1 is 1.23 bits per heavy atom. The van der Waals surface area contributed by atoms with Crippen molar-refractivity contribution in [3.63, 3.8) is 0 Å². The zero-order valence-corrected chi connectivity index (χ0v) is 17.4. The van der Waals surface area contributed by atoms with E-state index in [0.717, 1.165) is 40.4 Å². The van der Waals surface area contributed by atoms with Crippen LogP contribution >= 0.6 is 0 Å². The Hall–Kier alpha value is -3.42. The first kappa shape index (κ1) is 18.6. The highest BCUT2D eigenvalue weighted by atomic mass is 16.1. The molecule has 1 aliphatic carbocycles. The lowest BCUT2D eigenvalue weighted by atomic mass is 9.93. The van der Waals surface area contributed by atoms with E-state index < -0.39 is 0 Å². The molecule has 0 aliphatic heterocycles. The number of H-pyrrole nitrogens is 1. The van der Waals surface area contributed by atoms with Gasteiger partial charge >= 0.3 is 0 Å². The first-order valence-electron chi connectivity index (χ1n) is 10.2. The van der Waals surface area contributed by atoms with E-state index in [-0.39, 0.29) is 11.4 Å². The molecular formula is C22H25N7O. The van der Waals surface area contributed by atoms with Gasteiger partial charge in [-0.2, -0.15) is 5.10 Å². The number of carbonyl (C=O) groups is 1. The van der Waals surface area contributed by atoms with Crippen LogP contribution in [-0.4, -0.2) is 36.7 Å². The molecule has 4 N–H and O–H groups in total. The van der Waals surface area contributed by atoms with Gasteiger partial charge in [-0.3, -0.25) is 4.79 Å².